The van der Waals surface area contributed by atoms with E-state index in [0.717, 1.165) is 50.8 Å². The van der Waals surface area contributed by atoms with Gasteiger partial charge < -0.3 is 53.5 Å². The van der Waals surface area contributed by atoms with Gasteiger partial charge in [0.15, 0.2) is 12.0 Å². The molecule has 3 aliphatic heterocycles. The van der Waals surface area contributed by atoms with Gasteiger partial charge in [0.25, 0.3) is 17.7 Å². The number of nitrogens with zero attached hydrogens (tertiary/aromatic N) is 3. The van der Waals surface area contributed by atoms with Crippen LogP contribution in [0.5, 0.6) is 5.75 Å². The quantitative estimate of drug-likeness (QED) is 0.0512. The zero-order valence-corrected chi connectivity index (χ0v) is 46.4. The van der Waals surface area contributed by atoms with Gasteiger partial charge in [0.1, 0.15) is 34.0 Å². The van der Waals surface area contributed by atoms with Crippen molar-refractivity contribution >= 4 is 51.4 Å². The van der Waals surface area contributed by atoms with Gasteiger partial charge in [-0.1, -0.05) is 36.4 Å². The van der Waals surface area contributed by atoms with E-state index in [1.807, 2.05) is 79.4 Å². The number of amides is 4. The first kappa shape index (κ1) is 56.2. The first-order chi connectivity index (χ1) is 38.6. The van der Waals surface area contributed by atoms with Gasteiger partial charge in [0, 0.05) is 126 Å². The summed E-state index contributed by atoms with van der Waals surface area (Å²) in [5.74, 6) is 0.654. The number of benzene rings is 6. The molecule has 3 heterocycles. The lowest BCUT2D eigenvalue weighted by Crippen LogP contribution is -2.50. The van der Waals surface area contributed by atoms with Gasteiger partial charge in [-0.25, -0.2) is 4.79 Å². The number of fused-ring (bicyclic) bond motifs is 4. The van der Waals surface area contributed by atoms with Gasteiger partial charge in [-0.3, -0.25) is 24.2 Å². The first-order valence-electron chi connectivity index (χ1n) is 27.2. The van der Waals surface area contributed by atoms with Gasteiger partial charge in [-0.2, -0.15) is 0 Å². The van der Waals surface area contributed by atoms with E-state index in [9.17, 15) is 24.0 Å². The van der Waals surface area contributed by atoms with Crippen LogP contribution in [0.4, 0.5) is 10.5 Å². The van der Waals surface area contributed by atoms with Crippen molar-refractivity contribution in [3.05, 3.63) is 147 Å². The highest BCUT2D eigenvalue weighted by atomic mass is 16.6. The number of nitrogens with one attached hydrogen (secondary N) is 3. The first-order valence-corrected chi connectivity index (χ1v) is 27.2. The summed E-state index contributed by atoms with van der Waals surface area (Å²) < 4.78 is 35.1. The molecule has 80 heavy (non-hydrogen) atoms. The molecule has 4 aromatic carbocycles. The number of carbonyl (C=O) groups excluding carboxylic acids is 4. The van der Waals surface area contributed by atoms with Gasteiger partial charge in [-0.05, 0) is 119 Å². The Balaban J connectivity index is 0.879. The van der Waals surface area contributed by atoms with Crippen molar-refractivity contribution < 1.29 is 47.0 Å². The monoisotopic (exact) mass is 1080 g/mol. The molecule has 0 saturated carbocycles. The summed E-state index contributed by atoms with van der Waals surface area (Å²) in [5.41, 5.74) is 8.82. The highest BCUT2D eigenvalue weighted by Crippen LogP contribution is 2.45. The van der Waals surface area contributed by atoms with E-state index in [1.165, 1.54) is 12.1 Å². The normalized spacial score (nSPS) is 13.1. The number of ether oxygens (including phenoxy) is 4. The third-order valence-corrected chi connectivity index (χ3v) is 13.7. The van der Waals surface area contributed by atoms with Gasteiger partial charge in [-0.15, -0.1) is 0 Å². The van der Waals surface area contributed by atoms with Crippen LogP contribution in [0.2, 0.25) is 0 Å². The highest BCUT2D eigenvalue weighted by molar-refractivity contribution is 6.11. The van der Waals surface area contributed by atoms with Crippen LogP contribution < -0.4 is 31.5 Å². The topological polar surface area (TPSA) is 203 Å². The Morgan fingerprint density at radius 3 is 1.85 bits per heavy atom. The molecule has 0 radical (unpaired) electrons. The lowest BCUT2D eigenvalue weighted by atomic mass is 9.89. The predicted molar refractivity (Wildman–Crippen MR) is 309 cm³/mol. The predicted octanol–water partition coefficient (Wildman–Crippen LogP) is 9.70. The molecular weight excluding hydrogens is 1020 g/mol. The largest absolute Gasteiger partial charge is 0.484 e. The number of hydrogen-bond acceptors (Lipinski definition) is 13. The van der Waals surface area contributed by atoms with Crippen molar-refractivity contribution in [2.45, 2.75) is 54.1 Å². The third-order valence-electron chi connectivity index (χ3n) is 13.7. The summed E-state index contributed by atoms with van der Waals surface area (Å²) in [5, 5.41) is 11.3. The number of alkyl carbamates (subject to hydrolysis) is 1. The van der Waals surface area contributed by atoms with E-state index in [1.54, 1.807) is 49.9 Å². The maximum Gasteiger partial charge on any atom is 0.407 e. The molecule has 4 aromatic rings. The number of rotatable bonds is 19. The van der Waals surface area contributed by atoms with Crippen molar-refractivity contribution in [1.29, 1.82) is 0 Å². The molecule has 0 spiro atoms. The molecule has 0 unspecified atom stereocenters. The van der Waals surface area contributed by atoms with Crippen LogP contribution in [0.3, 0.4) is 0 Å². The summed E-state index contributed by atoms with van der Waals surface area (Å²) in [6.45, 7) is 17.6. The molecule has 17 nitrogen and oxygen atoms in total. The third kappa shape index (κ3) is 13.0. The van der Waals surface area contributed by atoms with E-state index in [0.29, 0.717) is 121 Å². The fourth-order valence-corrected chi connectivity index (χ4v) is 9.98. The van der Waals surface area contributed by atoms with Gasteiger partial charge in [0.2, 0.25) is 0 Å². The van der Waals surface area contributed by atoms with E-state index >= 15 is 0 Å². The number of aryl methyl sites for hydroxylation is 2. The van der Waals surface area contributed by atoms with Crippen LogP contribution in [0, 0.1) is 13.8 Å². The van der Waals surface area contributed by atoms with Crippen molar-refractivity contribution in [1.82, 2.24) is 20.4 Å². The minimum Gasteiger partial charge on any atom is -0.484 e. The fraction of sp³-hybridized carbons (Fsp3) is 0.333. The summed E-state index contributed by atoms with van der Waals surface area (Å²) in [6, 6.07) is 33.1. The van der Waals surface area contributed by atoms with Crippen LogP contribution in [-0.2, 0) is 19.0 Å². The molecule has 9 rings (SSSR count). The number of hydrogen-bond donors (Lipinski definition) is 3. The van der Waals surface area contributed by atoms with Crippen molar-refractivity contribution in [3.8, 4) is 50.7 Å². The van der Waals surface area contributed by atoms with Crippen LogP contribution in [0.25, 0.3) is 66.8 Å². The van der Waals surface area contributed by atoms with Crippen LogP contribution in [-0.4, -0.2) is 125 Å². The zero-order valence-electron chi connectivity index (χ0n) is 46.4. The molecule has 4 amide bonds. The summed E-state index contributed by atoms with van der Waals surface area (Å²) in [7, 11) is 0. The minimum atomic E-state index is -0.577. The molecule has 0 bridgehead atoms. The molecule has 3 N–H and O–H groups in total. The summed E-state index contributed by atoms with van der Waals surface area (Å²) in [4.78, 5) is 75.2. The molecular formula is C63H68N6O11. The Kier molecular flexibility index (Phi) is 17.6. The molecule has 416 valence electrons. The van der Waals surface area contributed by atoms with E-state index in [4.69, 9.17) is 32.8 Å². The highest BCUT2D eigenvalue weighted by Gasteiger charge is 2.31. The molecule has 0 aromatic heterocycles. The van der Waals surface area contributed by atoms with Crippen molar-refractivity contribution in [2.75, 3.05) is 90.7 Å². The van der Waals surface area contributed by atoms with E-state index < -0.39 is 11.7 Å². The van der Waals surface area contributed by atoms with Crippen molar-refractivity contribution in [2.24, 2.45) is 4.99 Å². The lowest BCUT2D eigenvalue weighted by molar-refractivity contribution is -0.123. The zero-order chi connectivity index (χ0) is 56.5. The SMILES string of the molecule is CCN=c1cc2oc3cc(NCC)c(C)cc3c(-c3ccccc3C(=O)N3CCN(C(=O)c4ccccc4-c4c5ccc(=O)cc-5oc5cc(OCC(=O)NCCOCCOCCNC(=O)OC(C)(C)C)ccc45)CC3)c-2cc1C. The van der Waals surface area contributed by atoms with Crippen molar-refractivity contribution in [3.63, 3.8) is 0 Å². The Hall–Kier alpha value is -8.54. The van der Waals surface area contributed by atoms with E-state index in [2.05, 4.69) is 41.9 Å². The second kappa shape index (κ2) is 25.1. The molecule has 2 aliphatic carbocycles. The lowest BCUT2D eigenvalue weighted by Gasteiger charge is -2.35. The Morgan fingerprint density at radius 2 is 1.23 bits per heavy atom. The Morgan fingerprint density at radius 1 is 0.625 bits per heavy atom. The summed E-state index contributed by atoms with van der Waals surface area (Å²) >= 11 is 0. The van der Waals surface area contributed by atoms with Crippen LogP contribution in [0.1, 0.15) is 66.5 Å². The minimum absolute atomic E-state index is 0.133. The fourth-order valence-electron chi connectivity index (χ4n) is 9.98. The summed E-state index contributed by atoms with van der Waals surface area (Å²) in [6.07, 6.45) is -0.507. The molecule has 17 heteroatoms. The Bertz CT molecular complexity index is 3650. The van der Waals surface area contributed by atoms with Crippen LogP contribution in [0.15, 0.2) is 128 Å². The van der Waals surface area contributed by atoms with E-state index in [-0.39, 0.29) is 42.9 Å². The average molecular weight is 1090 g/mol. The molecule has 5 aliphatic rings. The number of piperazine rings is 1. The van der Waals surface area contributed by atoms with Gasteiger partial charge >= 0.3 is 6.09 Å². The van der Waals surface area contributed by atoms with Crippen LogP contribution >= 0.6 is 0 Å². The Labute approximate surface area is 464 Å². The number of anilines is 1. The molecule has 1 saturated heterocycles. The standard InChI is InChI=1S/C63H68N6O11/c1-8-64-51-36-55-49(32-39(51)3)59(50-33-40(4)52(65-9-2)37-56(50)79-55)44-15-11-13-17-46(44)61(73)69-26-24-68(25-27-69)60(72)45-16-12-10-14-43(45)58-47-20-18-41(70)34-53(47)78-54-35-42(19-21-48(54)58)77-38-57(71)66-22-28-75-30-31-76-29-23-67-62(74)80-63(5,6)7/h10-21,32-37,64H,8-9,22-31,38H2,1-7H3,(H,66,71)(H,67,74). The van der Waals surface area contributed by atoms with Gasteiger partial charge in [0.05, 0.1) is 31.8 Å². The number of carbonyl (C=O) groups is 4. The molecule has 1 fully saturated rings. The second-order valence-electron chi connectivity index (χ2n) is 20.5. The maximum atomic E-state index is 14.9. The molecule has 0 atom stereocenters. The second-order valence-corrected chi connectivity index (χ2v) is 20.5. The maximum absolute atomic E-state index is 14.9. The smallest absolute Gasteiger partial charge is 0.407 e. The average Bonchev–Trinajstić information content (AvgIpc) is 3.64.